The average molecular weight is 478 g/mol. The van der Waals surface area contributed by atoms with E-state index in [9.17, 15) is 4.79 Å². The molecule has 1 N–H and O–H groups in total. The minimum absolute atomic E-state index is 0.338. The van der Waals surface area contributed by atoms with Gasteiger partial charge in [0, 0.05) is 10.0 Å². The molecule has 0 heterocycles. The Labute approximate surface area is 181 Å². The summed E-state index contributed by atoms with van der Waals surface area (Å²) < 4.78 is 6.79. The molecule has 0 aliphatic rings. The highest BCUT2D eigenvalue weighted by atomic mass is 79.9. The van der Waals surface area contributed by atoms with Crippen molar-refractivity contribution in [2.24, 2.45) is 5.10 Å². The molecule has 7 heteroatoms. The van der Waals surface area contributed by atoms with Crippen molar-refractivity contribution >= 4 is 51.3 Å². The number of halogens is 3. The SMILES string of the molecule is O=C(N/N=C/c1cccc(Cl)c1Cl)c1ccccc1OCc1cccc(Br)c1. The van der Waals surface area contributed by atoms with E-state index >= 15 is 0 Å². The van der Waals surface area contributed by atoms with Gasteiger partial charge in [0.1, 0.15) is 12.4 Å². The molecule has 0 unspecified atom stereocenters. The van der Waals surface area contributed by atoms with Gasteiger partial charge >= 0.3 is 0 Å². The number of hydrogen-bond acceptors (Lipinski definition) is 3. The van der Waals surface area contributed by atoms with Crippen molar-refractivity contribution in [1.29, 1.82) is 0 Å². The Morgan fingerprint density at radius 2 is 1.86 bits per heavy atom. The standard InChI is InChI=1S/C21H15BrCl2N2O2/c22-16-7-3-5-14(11-16)13-28-19-10-2-1-8-17(19)21(27)26-25-12-15-6-4-9-18(23)20(15)24/h1-12H,13H2,(H,26,27)/b25-12+. The van der Waals surface area contributed by atoms with Crippen molar-refractivity contribution in [3.63, 3.8) is 0 Å². The van der Waals surface area contributed by atoms with E-state index in [4.69, 9.17) is 27.9 Å². The van der Waals surface area contributed by atoms with E-state index in [0.29, 0.717) is 33.5 Å². The van der Waals surface area contributed by atoms with Crippen LogP contribution >= 0.6 is 39.1 Å². The van der Waals surface area contributed by atoms with Gasteiger partial charge in [0.15, 0.2) is 0 Å². The van der Waals surface area contributed by atoms with Crippen LogP contribution in [-0.2, 0) is 6.61 Å². The molecule has 0 saturated carbocycles. The first-order chi connectivity index (χ1) is 13.5. The van der Waals surface area contributed by atoms with Gasteiger partial charge < -0.3 is 4.74 Å². The molecule has 0 aromatic heterocycles. The summed E-state index contributed by atoms with van der Waals surface area (Å²) in [7, 11) is 0. The maximum Gasteiger partial charge on any atom is 0.275 e. The van der Waals surface area contributed by atoms with Gasteiger partial charge in [0.25, 0.3) is 5.91 Å². The fourth-order valence-corrected chi connectivity index (χ4v) is 3.21. The van der Waals surface area contributed by atoms with Crippen molar-refractivity contribution in [3.8, 4) is 5.75 Å². The molecule has 0 fully saturated rings. The topological polar surface area (TPSA) is 50.7 Å². The maximum absolute atomic E-state index is 12.5. The number of carbonyl (C=O) groups excluding carboxylic acids is 1. The Morgan fingerprint density at radius 3 is 2.68 bits per heavy atom. The van der Waals surface area contributed by atoms with Crippen LogP contribution in [0.1, 0.15) is 21.5 Å². The Balaban J connectivity index is 1.68. The molecule has 142 valence electrons. The van der Waals surface area contributed by atoms with Crippen LogP contribution in [0.25, 0.3) is 0 Å². The van der Waals surface area contributed by atoms with Crippen LogP contribution in [0, 0.1) is 0 Å². The zero-order chi connectivity index (χ0) is 19.9. The van der Waals surface area contributed by atoms with E-state index in [-0.39, 0.29) is 5.91 Å². The van der Waals surface area contributed by atoms with E-state index < -0.39 is 0 Å². The number of carbonyl (C=O) groups is 1. The van der Waals surface area contributed by atoms with Crippen molar-refractivity contribution in [2.45, 2.75) is 6.61 Å². The zero-order valence-electron chi connectivity index (χ0n) is 14.5. The van der Waals surface area contributed by atoms with Crippen molar-refractivity contribution in [1.82, 2.24) is 5.43 Å². The van der Waals surface area contributed by atoms with Gasteiger partial charge in [-0.2, -0.15) is 5.10 Å². The molecular weight excluding hydrogens is 463 g/mol. The number of amides is 1. The molecule has 0 aliphatic carbocycles. The molecule has 0 radical (unpaired) electrons. The second kappa shape index (κ2) is 9.73. The number of hydrazone groups is 1. The molecule has 0 aliphatic heterocycles. The minimum Gasteiger partial charge on any atom is -0.488 e. The van der Waals surface area contributed by atoms with Gasteiger partial charge in [-0.15, -0.1) is 0 Å². The van der Waals surface area contributed by atoms with Crippen molar-refractivity contribution in [3.05, 3.63) is 97.9 Å². The highest BCUT2D eigenvalue weighted by Gasteiger charge is 2.12. The molecule has 4 nitrogen and oxygen atoms in total. The molecule has 0 atom stereocenters. The molecule has 28 heavy (non-hydrogen) atoms. The summed E-state index contributed by atoms with van der Waals surface area (Å²) in [4.78, 5) is 12.5. The third-order valence-corrected chi connectivity index (χ3v) is 5.09. The first-order valence-electron chi connectivity index (χ1n) is 8.28. The second-order valence-corrected chi connectivity index (χ2v) is 7.46. The highest BCUT2D eigenvalue weighted by Crippen LogP contribution is 2.24. The van der Waals surface area contributed by atoms with Gasteiger partial charge in [-0.05, 0) is 35.9 Å². The summed E-state index contributed by atoms with van der Waals surface area (Å²) in [5, 5.41) is 4.76. The van der Waals surface area contributed by atoms with Gasteiger partial charge in [0.05, 0.1) is 21.8 Å². The predicted octanol–water partition coefficient (Wildman–Crippen LogP) is 6.10. The number of para-hydroxylation sites is 1. The number of ether oxygens (including phenoxy) is 1. The lowest BCUT2D eigenvalue weighted by Gasteiger charge is -2.10. The molecule has 0 saturated heterocycles. The summed E-state index contributed by atoms with van der Waals surface area (Å²) >= 11 is 15.5. The summed E-state index contributed by atoms with van der Waals surface area (Å²) in [6, 6.07) is 19.9. The molecule has 0 spiro atoms. The lowest BCUT2D eigenvalue weighted by Crippen LogP contribution is -2.18. The van der Waals surface area contributed by atoms with E-state index in [0.717, 1.165) is 10.0 Å². The minimum atomic E-state index is -0.390. The lowest BCUT2D eigenvalue weighted by atomic mass is 10.2. The number of benzene rings is 3. The molecule has 3 rings (SSSR count). The maximum atomic E-state index is 12.5. The smallest absolute Gasteiger partial charge is 0.275 e. The summed E-state index contributed by atoms with van der Waals surface area (Å²) in [6.45, 7) is 0.338. The van der Waals surface area contributed by atoms with Gasteiger partial charge in [-0.25, -0.2) is 5.43 Å². The van der Waals surface area contributed by atoms with Gasteiger partial charge in [-0.1, -0.05) is 75.5 Å². The van der Waals surface area contributed by atoms with Crippen LogP contribution in [0.5, 0.6) is 5.75 Å². The average Bonchev–Trinajstić information content (AvgIpc) is 2.70. The molecule has 3 aromatic carbocycles. The van der Waals surface area contributed by atoms with Crippen LogP contribution in [-0.4, -0.2) is 12.1 Å². The second-order valence-electron chi connectivity index (χ2n) is 5.76. The first kappa shape index (κ1) is 20.4. The fourth-order valence-electron chi connectivity index (χ4n) is 2.41. The number of nitrogens with one attached hydrogen (secondary N) is 1. The van der Waals surface area contributed by atoms with Crippen LogP contribution in [0.2, 0.25) is 10.0 Å². The third kappa shape index (κ3) is 5.35. The van der Waals surface area contributed by atoms with Gasteiger partial charge in [-0.3, -0.25) is 4.79 Å². The largest absolute Gasteiger partial charge is 0.488 e. The Bertz CT molecular complexity index is 1020. The summed E-state index contributed by atoms with van der Waals surface area (Å²) in [6.07, 6.45) is 1.44. The molecule has 0 bridgehead atoms. The van der Waals surface area contributed by atoms with Crippen LogP contribution in [0.3, 0.4) is 0 Å². The normalized spacial score (nSPS) is 10.8. The Hall–Kier alpha value is -2.34. The number of rotatable bonds is 6. The Morgan fingerprint density at radius 1 is 1.07 bits per heavy atom. The van der Waals surface area contributed by atoms with E-state index in [1.165, 1.54) is 6.21 Å². The molecule has 1 amide bonds. The third-order valence-electron chi connectivity index (χ3n) is 3.77. The first-order valence-corrected chi connectivity index (χ1v) is 9.83. The van der Waals surface area contributed by atoms with Crippen LogP contribution < -0.4 is 10.2 Å². The Kier molecular flexibility index (Phi) is 7.09. The van der Waals surface area contributed by atoms with E-state index in [1.807, 2.05) is 30.3 Å². The quantitative estimate of drug-likeness (QED) is 0.344. The molecular formula is C21H15BrCl2N2O2. The lowest BCUT2D eigenvalue weighted by molar-refractivity contribution is 0.0950. The summed E-state index contributed by atoms with van der Waals surface area (Å²) in [5.41, 5.74) is 4.45. The predicted molar refractivity (Wildman–Crippen MR) is 116 cm³/mol. The number of hydrogen-bond donors (Lipinski definition) is 1. The number of nitrogens with zero attached hydrogens (tertiary/aromatic N) is 1. The van der Waals surface area contributed by atoms with Gasteiger partial charge in [0.2, 0.25) is 0 Å². The zero-order valence-corrected chi connectivity index (χ0v) is 17.6. The van der Waals surface area contributed by atoms with E-state index in [2.05, 4.69) is 26.5 Å². The monoisotopic (exact) mass is 476 g/mol. The molecule has 3 aromatic rings. The van der Waals surface area contributed by atoms with Crippen molar-refractivity contribution in [2.75, 3.05) is 0 Å². The van der Waals surface area contributed by atoms with Crippen LogP contribution in [0.4, 0.5) is 0 Å². The highest BCUT2D eigenvalue weighted by molar-refractivity contribution is 9.10. The van der Waals surface area contributed by atoms with Crippen molar-refractivity contribution < 1.29 is 9.53 Å². The van der Waals surface area contributed by atoms with Crippen LogP contribution in [0.15, 0.2) is 76.3 Å². The van der Waals surface area contributed by atoms with E-state index in [1.54, 1.807) is 36.4 Å². The fraction of sp³-hybridized carbons (Fsp3) is 0.0476. The summed E-state index contributed by atoms with van der Waals surface area (Å²) in [5.74, 6) is 0.0789.